The van der Waals surface area contributed by atoms with Crippen LogP contribution < -0.4 is 9.60 Å². The molecule has 1 N–H and O–H groups in total. The van der Waals surface area contributed by atoms with Gasteiger partial charge in [0.1, 0.15) is 0 Å². The summed E-state index contributed by atoms with van der Waals surface area (Å²) in [5, 5.41) is 0. The highest BCUT2D eigenvalue weighted by Gasteiger charge is 2.17. The summed E-state index contributed by atoms with van der Waals surface area (Å²) < 4.78 is 30.6. The molecule has 0 aliphatic carbocycles. The highest BCUT2D eigenvalue weighted by Crippen LogP contribution is 2.22. The van der Waals surface area contributed by atoms with Gasteiger partial charge in [0.25, 0.3) is 0 Å². The summed E-state index contributed by atoms with van der Waals surface area (Å²) >= 11 is 1.09. The van der Waals surface area contributed by atoms with Crippen LogP contribution in [-0.2, 0) is 29.7 Å². The summed E-state index contributed by atoms with van der Waals surface area (Å²) in [5.41, 5.74) is 2.96. The first-order valence-electron chi connectivity index (χ1n) is 10.4. The Morgan fingerprint density at radius 2 is 1.73 bits per heavy atom. The van der Waals surface area contributed by atoms with Crippen molar-refractivity contribution in [2.24, 2.45) is 0 Å². The second kappa shape index (κ2) is 9.01. The second-order valence-electron chi connectivity index (χ2n) is 7.77. The lowest BCUT2D eigenvalue weighted by atomic mass is 10.1. The average molecular weight is 446 g/mol. The van der Waals surface area contributed by atoms with E-state index in [0.29, 0.717) is 11.2 Å². The molecule has 3 aromatic rings. The second-order valence-corrected chi connectivity index (χ2v) is 10.5. The van der Waals surface area contributed by atoms with E-state index >= 15 is 0 Å². The minimum absolute atomic E-state index is 0.0524. The van der Waals surface area contributed by atoms with Crippen molar-refractivity contribution in [2.45, 2.75) is 50.7 Å². The van der Waals surface area contributed by atoms with E-state index in [4.69, 9.17) is 0 Å². The van der Waals surface area contributed by atoms with E-state index < -0.39 is 10.0 Å². The Morgan fingerprint density at radius 1 is 1.03 bits per heavy atom. The van der Waals surface area contributed by atoms with Crippen molar-refractivity contribution in [1.82, 2.24) is 14.2 Å². The van der Waals surface area contributed by atoms with Crippen molar-refractivity contribution in [1.29, 1.82) is 0 Å². The third kappa shape index (κ3) is 4.67. The zero-order chi connectivity index (χ0) is 21.1. The smallest absolute Gasteiger partial charge is 0.299 e. The lowest BCUT2D eigenvalue weighted by Gasteiger charge is -2.14. The van der Waals surface area contributed by atoms with E-state index in [1.165, 1.54) is 18.4 Å². The molecule has 0 unspecified atom stereocenters. The van der Waals surface area contributed by atoms with Crippen molar-refractivity contribution in [3.63, 3.8) is 0 Å². The summed E-state index contributed by atoms with van der Waals surface area (Å²) in [7, 11) is -3.66. The Hall–Kier alpha value is -2.00. The fourth-order valence-corrected chi connectivity index (χ4v) is 5.95. The molecule has 30 heavy (non-hydrogen) atoms. The van der Waals surface area contributed by atoms with Crippen LogP contribution in [0.3, 0.4) is 0 Å². The van der Waals surface area contributed by atoms with E-state index in [-0.39, 0.29) is 16.3 Å². The SMILES string of the molecule is CCCn1c(=O)sc2cc(S(=O)(=O)NCc3ccc(CN4CCCC4)cc3)ccc21. The first kappa shape index (κ1) is 21.2. The molecule has 1 aliphatic heterocycles. The van der Waals surface area contributed by atoms with Crippen LogP contribution in [0.5, 0.6) is 0 Å². The third-order valence-electron chi connectivity index (χ3n) is 5.49. The van der Waals surface area contributed by atoms with E-state index in [0.717, 1.165) is 48.5 Å². The van der Waals surface area contributed by atoms with Gasteiger partial charge < -0.3 is 0 Å². The van der Waals surface area contributed by atoms with Gasteiger partial charge in [0.15, 0.2) is 0 Å². The van der Waals surface area contributed by atoms with Crippen molar-refractivity contribution < 1.29 is 8.42 Å². The quantitative estimate of drug-likeness (QED) is 0.576. The monoisotopic (exact) mass is 445 g/mol. The van der Waals surface area contributed by atoms with Crippen molar-refractivity contribution in [3.8, 4) is 0 Å². The molecule has 0 bridgehead atoms. The number of hydrogen-bond acceptors (Lipinski definition) is 5. The first-order chi connectivity index (χ1) is 14.5. The van der Waals surface area contributed by atoms with Crippen LogP contribution in [-0.4, -0.2) is 31.0 Å². The highest BCUT2D eigenvalue weighted by atomic mass is 32.2. The van der Waals surface area contributed by atoms with Crippen LogP contribution in [0.15, 0.2) is 52.2 Å². The zero-order valence-corrected chi connectivity index (χ0v) is 18.8. The van der Waals surface area contributed by atoms with E-state index in [1.54, 1.807) is 22.8 Å². The standard InChI is InChI=1S/C22H27N3O3S2/c1-2-11-25-20-10-9-19(14-21(20)29-22(25)26)30(27,28)23-15-17-5-7-18(8-6-17)16-24-12-3-4-13-24/h5-10,14,23H,2-4,11-13,15-16H2,1H3. The molecular weight excluding hydrogens is 418 g/mol. The molecule has 0 amide bonds. The summed E-state index contributed by atoms with van der Waals surface area (Å²) in [6.45, 7) is 6.14. The molecule has 6 nitrogen and oxygen atoms in total. The molecule has 1 aliphatic rings. The minimum Gasteiger partial charge on any atom is -0.299 e. The first-order valence-corrected chi connectivity index (χ1v) is 12.7. The number of thiazole rings is 1. The van der Waals surface area contributed by atoms with E-state index in [2.05, 4.69) is 21.8 Å². The van der Waals surface area contributed by atoms with Gasteiger partial charge in [-0.05, 0) is 61.7 Å². The molecule has 1 fully saturated rings. The Labute approximate surface area is 181 Å². The number of nitrogens with zero attached hydrogens (tertiary/aromatic N) is 2. The molecule has 0 saturated carbocycles. The normalized spacial score (nSPS) is 15.2. The highest BCUT2D eigenvalue weighted by molar-refractivity contribution is 7.89. The maximum Gasteiger partial charge on any atom is 0.308 e. The molecule has 2 heterocycles. The Kier molecular flexibility index (Phi) is 6.38. The van der Waals surface area contributed by atoms with Gasteiger partial charge in [0.2, 0.25) is 10.0 Å². The van der Waals surface area contributed by atoms with Crippen LogP contribution in [0.25, 0.3) is 10.2 Å². The average Bonchev–Trinajstić information content (AvgIpc) is 3.35. The van der Waals surface area contributed by atoms with Gasteiger partial charge >= 0.3 is 4.87 Å². The van der Waals surface area contributed by atoms with Crippen molar-refractivity contribution in [3.05, 3.63) is 63.3 Å². The molecule has 0 radical (unpaired) electrons. The molecule has 0 atom stereocenters. The van der Waals surface area contributed by atoms with Crippen LogP contribution in [0.2, 0.25) is 0 Å². The van der Waals surface area contributed by atoms with Gasteiger partial charge in [-0.3, -0.25) is 14.3 Å². The van der Waals surface area contributed by atoms with Gasteiger partial charge in [-0.25, -0.2) is 13.1 Å². The Balaban J connectivity index is 1.44. The van der Waals surface area contributed by atoms with Crippen LogP contribution in [0.4, 0.5) is 0 Å². The zero-order valence-electron chi connectivity index (χ0n) is 17.1. The van der Waals surface area contributed by atoms with Crippen LogP contribution in [0.1, 0.15) is 37.3 Å². The van der Waals surface area contributed by atoms with Gasteiger partial charge in [-0.1, -0.05) is 42.5 Å². The molecule has 4 rings (SSSR count). The fraction of sp³-hybridized carbons (Fsp3) is 0.409. The van der Waals surface area contributed by atoms with Crippen LogP contribution in [0, 0.1) is 0 Å². The molecule has 2 aromatic carbocycles. The number of hydrogen-bond donors (Lipinski definition) is 1. The Morgan fingerprint density at radius 3 is 2.43 bits per heavy atom. The fourth-order valence-electron chi connectivity index (χ4n) is 3.87. The number of aromatic nitrogens is 1. The van der Waals surface area contributed by atoms with Gasteiger partial charge in [0, 0.05) is 19.6 Å². The number of aryl methyl sites for hydroxylation is 1. The largest absolute Gasteiger partial charge is 0.308 e. The van der Waals surface area contributed by atoms with E-state index in [1.807, 2.05) is 19.1 Å². The van der Waals surface area contributed by atoms with Crippen LogP contribution >= 0.6 is 11.3 Å². The molecule has 8 heteroatoms. The summed E-state index contributed by atoms with van der Waals surface area (Å²) in [6, 6.07) is 13.0. The third-order valence-corrected chi connectivity index (χ3v) is 7.83. The molecule has 0 spiro atoms. The molecule has 160 valence electrons. The summed E-state index contributed by atoms with van der Waals surface area (Å²) in [4.78, 5) is 14.7. The lowest BCUT2D eigenvalue weighted by Crippen LogP contribution is -2.23. The predicted molar refractivity (Wildman–Crippen MR) is 121 cm³/mol. The molecular formula is C22H27N3O3S2. The van der Waals surface area contributed by atoms with Gasteiger partial charge in [-0.15, -0.1) is 0 Å². The van der Waals surface area contributed by atoms with Gasteiger partial charge in [-0.2, -0.15) is 0 Å². The summed E-state index contributed by atoms with van der Waals surface area (Å²) in [5.74, 6) is 0. The Bertz CT molecular complexity index is 1170. The minimum atomic E-state index is -3.66. The molecule has 1 aromatic heterocycles. The van der Waals surface area contributed by atoms with E-state index in [9.17, 15) is 13.2 Å². The van der Waals surface area contributed by atoms with Crippen molar-refractivity contribution >= 4 is 31.6 Å². The number of benzene rings is 2. The lowest BCUT2D eigenvalue weighted by molar-refractivity contribution is 0.331. The molecule has 1 saturated heterocycles. The maximum absolute atomic E-state index is 12.8. The predicted octanol–water partition coefficient (Wildman–Crippen LogP) is 3.55. The van der Waals surface area contributed by atoms with Gasteiger partial charge in [0.05, 0.1) is 15.1 Å². The maximum atomic E-state index is 12.8. The number of rotatable bonds is 8. The summed E-state index contributed by atoms with van der Waals surface area (Å²) in [6.07, 6.45) is 3.39. The topological polar surface area (TPSA) is 71.4 Å². The number of fused-ring (bicyclic) bond motifs is 1. The number of sulfonamides is 1. The number of likely N-dealkylation sites (tertiary alicyclic amines) is 1. The van der Waals surface area contributed by atoms with Crippen molar-refractivity contribution in [2.75, 3.05) is 13.1 Å². The number of nitrogens with one attached hydrogen (secondary N) is 1.